The minimum absolute atomic E-state index is 0. The van der Waals surface area contributed by atoms with E-state index in [1.54, 1.807) is 0 Å². The van der Waals surface area contributed by atoms with Crippen molar-refractivity contribution in [1.82, 2.24) is 10.2 Å². The van der Waals surface area contributed by atoms with Gasteiger partial charge in [-0.25, -0.2) is 0 Å². The second-order valence-electron chi connectivity index (χ2n) is 5.99. The lowest BCUT2D eigenvalue weighted by molar-refractivity contribution is -0.131. The normalized spacial score (nSPS) is 27.4. The van der Waals surface area contributed by atoms with E-state index in [4.69, 9.17) is 0 Å². The number of halogens is 1. The topological polar surface area (TPSA) is 32.3 Å². The fourth-order valence-corrected chi connectivity index (χ4v) is 2.66. The number of nitrogens with one attached hydrogen (secondary N) is 1. The van der Waals surface area contributed by atoms with E-state index in [1.165, 1.54) is 38.5 Å². The van der Waals surface area contributed by atoms with Crippen LogP contribution in [0.3, 0.4) is 0 Å². The van der Waals surface area contributed by atoms with E-state index < -0.39 is 0 Å². The highest BCUT2D eigenvalue weighted by Crippen LogP contribution is 2.28. The largest absolute Gasteiger partial charge is 0.342 e. The Balaban J connectivity index is 0.00000162. The van der Waals surface area contributed by atoms with Crippen molar-refractivity contribution < 1.29 is 4.79 Å². The fraction of sp³-hybridized carbons (Fsp3) is 0.929. The Labute approximate surface area is 117 Å². The summed E-state index contributed by atoms with van der Waals surface area (Å²) in [5.41, 5.74) is 0. The number of carbonyl (C=O) groups is 1. The molecule has 2 saturated carbocycles. The van der Waals surface area contributed by atoms with Gasteiger partial charge in [0, 0.05) is 13.1 Å². The summed E-state index contributed by atoms with van der Waals surface area (Å²) in [6.07, 6.45) is 7.61. The quantitative estimate of drug-likeness (QED) is 0.835. The minimum Gasteiger partial charge on any atom is -0.342 e. The van der Waals surface area contributed by atoms with Gasteiger partial charge in [0.15, 0.2) is 0 Å². The molecule has 0 unspecified atom stereocenters. The number of rotatable bonds is 5. The maximum Gasteiger partial charge on any atom is 0.236 e. The van der Waals surface area contributed by atoms with Crippen LogP contribution in [-0.2, 0) is 4.79 Å². The van der Waals surface area contributed by atoms with Gasteiger partial charge in [-0.2, -0.15) is 0 Å². The number of amides is 1. The smallest absolute Gasteiger partial charge is 0.236 e. The maximum atomic E-state index is 12.0. The third kappa shape index (κ3) is 4.77. The predicted octanol–water partition coefficient (Wildman–Crippen LogP) is 2.44. The summed E-state index contributed by atoms with van der Waals surface area (Å²) in [4.78, 5) is 14.0. The number of nitrogens with zero attached hydrogens (tertiary/aromatic N) is 1. The third-order valence-corrected chi connectivity index (χ3v) is 4.33. The molecular weight excluding hydrogens is 248 g/mol. The van der Waals surface area contributed by atoms with Crippen molar-refractivity contribution in [1.29, 1.82) is 0 Å². The zero-order chi connectivity index (χ0) is 12.3. The third-order valence-electron chi connectivity index (χ3n) is 4.33. The molecule has 4 heteroatoms. The van der Waals surface area contributed by atoms with Gasteiger partial charge in [0.05, 0.1) is 6.54 Å². The lowest BCUT2D eigenvalue weighted by Gasteiger charge is -2.33. The maximum absolute atomic E-state index is 12.0. The van der Waals surface area contributed by atoms with Gasteiger partial charge in [-0.05, 0) is 56.9 Å². The van der Waals surface area contributed by atoms with E-state index in [0.717, 1.165) is 18.4 Å². The minimum atomic E-state index is 0. The molecule has 1 amide bonds. The molecule has 0 aromatic carbocycles. The first-order valence-electron chi connectivity index (χ1n) is 7.13. The van der Waals surface area contributed by atoms with Crippen LogP contribution < -0.4 is 5.32 Å². The molecular formula is C14H27ClN2O. The van der Waals surface area contributed by atoms with Gasteiger partial charge >= 0.3 is 0 Å². The first kappa shape index (κ1) is 15.8. The Bertz CT molecular complexity index is 261. The van der Waals surface area contributed by atoms with E-state index in [1.807, 2.05) is 11.9 Å². The number of hydrogen-bond acceptors (Lipinski definition) is 2. The zero-order valence-electron chi connectivity index (χ0n) is 11.7. The molecule has 0 heterocycles. The van der Waals surface area contributed by atoms with E-state index in [0.29, 0.717) is 12.6 Å². The lowest BCUT2D eigenvalue weighted by atomic mass is 9.87. The van der Waals surface area contributed by atoms with Crippen LogP contribution in [0, 0.1) is 11.8 Å². The Morgan fingerprint density at radius 3 is 2.33 bits per heavy atom. The van der Waals surface area contributed by atoms with Gasteiger partial charge in [0.1, 0.15) is 0 Å². The molecule has 0 spiro atoms. The number of likely N-dealkylation sites (N-methyl/N-ethyl adjacent to an activating group) is 1. The van der Waals surface area contributed by atoms with Crippen molar-refractivity contribution in [3.8, 4) is 0 Å². The summed E-state index contributed by atoms with van der Waals surface area (Å²) in [7, 11) is 1.97. The van der Waals surface area contributed by atoms with Crippen molar-refractivity contribution in [3.05, 3.63) is 0 Å². The molecule has 0 radical (unpaired) electrons. The molecule has 2 rings (SSSR count). The standard InChI is InChI=1S/C14H26N2O.ClH/c1-11-3-7-13(8-4-11)16(2)14(17)10-15-9-12-5-6-12;/h11-13,15H,3-10H2,1-2H3;1H. The summed E-state index contributed by atoms with van der Waals surface area (Å²) in [5, 5.41) is 3.28. The van der Waals surface area contributed by atoms with E-state index in [-0.39, 0.29) is 18.3 Å². The fourth-order valence-electron chi connectivity index (χ4n) is 2.66. The first-order chi connectivity index (χ1) is 8.16. The molecule has 0 bridgehead atoms. The van der Waals surface area contributed by atoms with E-state index >= 15 is 0 Å². The van der Waals surface area contributed by atoms with Gasteiger partial charge < -0.3 is 10.2 Å². The Morgan fingerprint density at radius 2 is 1.78 bits per heavy atom. The second kappa shape index (κ2) is 7.34. The summed E-state index contributed by atoms with van der Waals surface area (Å²) >= 11 is 0. The Morgan fingerprint density at radius 1 is 1.17 bits per heavy atom. The SMILES string of the molecule is CC1CCC(N(C)C(=O)CNCC2CC2)CC1.Cl. The summed E-state index contributed by atoms with van der Waals surface area (Å²) < 4.78 is 0. The van der Waals surface area contributed by atoms with Gasteiger partial charge in [-0.15, -0.1) is 12.4 Å². The first-order valence-corrected chi connectivity index (χ1v) is 7.13. The van der Waals surface area contributed by atoms with Crippen LogP contribution in [0.25, 0.3) is 0 Å². The summed E-state index contributed by atoms with van der Waals surface area (Å²) in [5.74, 6) is 1.97. The molecule has 2 fully saturated rings. The Hall–Kier alpha value is -0.280. The summed E-state index contributed by atoms with van der Waals surface area (Å²) in [6, 6.07) is 0.487. The molecule has 0 aromatic rings. The molecule has 3 nitrogen and oxygen atoms in total. The van der Waals surface area contributed by atoms with Crippen molar-refractivity contribution in [3.63, 3.8) is 0 Å². The molecule has 2 aliphatic carbocycles. The average Bonchev–Trinajstić information content (AvgIpc) is 3.13. The van der Waals surface area contributed by atoms with Crippen LogP contribution in [-0.4, -0.2) is 37.0 Å². The molecule has 18 heavy (non-hydrogen) atoms. The summed E-state index contributed by atoms with van der Waals surface area (Å²) in [6.45, 7) is 3.87. The van der Waals surface area contributed by atoms with Gasteiger partial charge in [-0.3, -0.25) is 4.79 Å². The molecule has 0 aliphatic heterocycles. The van der Waals surface area contributed by atoms with E-state index in [2.05, 4.69) is 12.2 Å². The highest BCUT2D eigenvalue weighted by atomic mass is 35.5. The highest BCUT2D eigenvalue weighted by molar-refractivity contribution is 5.85. The van der Waals surface area contributed by atoms with Crippen LogP contribution in [0.2, 0.25) is 0 Å². The van der Waals surface area contributed by atoms with Crippen LogP contribution in [0.4, 0.5) is 0 Å². The van der Waals surface area contributed by atoms with Crippen molar-refractivity contribution in [2.45, 2.75) is 51.5 Å². The Kier molecular flexibility index (Phi) is 6.44. The molecule has 0 atom stereocenters. The van der Waals surface area contributed by atoms with Crippen LogP contribution in [0.1, 0.15) is 45.4 Å². The van der Waals surface area contributed by atoms with Gasteiger partial charge in [-0.1, -0.05) is 6.92 Å². The van der Waals surface area contributed by atoms with Crippen molar-refractivity contribution in [2.75, 3.05) is 20.1 Å². The number of carbonyl (C=O) groups excluding carboxylic acids is 1. The highest BCUT2D eigenvalue weighted by Gasteiger charge is 2.25. The zero-order valence-corrected chi connectivity index (χ0v) is 12.5. The number of hydrogen-bond donors (Lipinski definition) is 1. The van der Waals surface area contributed by atoms with Crippen molar-refractivity contribution >= 4 is 18.3 Å². The van der Waals surface area contributed by atoms with E-state index in [9.17, 15) is 4.79 Å². The predicted molar refractivity (Wildman–Crippen MR) is 77.0 cm³/mol. The van der Waals surface area contributed by atoms with Crippen molar-refractivity contribution in [2.24, 2.45) is 11.8 Å². The van der Waals surface area contributed by atoms with Gasteiger partial charge in [0.2, 0.25) is 5.91 Å². The lowest BCUT2D eigenvalue weighted by Crippen LogP contribution is -2.43. The average molecular weight is 275 g/mol. The van der Waals surface area contributed by atoms with Gasteiger partial charge in [0.25, 0.3) is 0 Å². The van der Waals surface area contributed by atoms with Crippen LogP contribution in [0.15, 0.2) is 0 Å². The molecule has 0 aromatic heterocycles. The van der Waals surface area contributed by atoms with Crippen LogP contribution >= 0.6 is 12.4 Å². The molecule has 106 valence electrons. The second-order valence-corrected chi connectivity index (χ2v) is 5.99. The van der Waals surface area contributed by atoms with Crippen LogP contribution in [0.5, 0.6) is 0 Å². The molecule has 2 aliphatic rings. The monoisotopic (exact) mass is 274 g/mol. The molecule has 1 N–H and O–H groups in total. The molecule has 0 saturated heterocycles.